The van der Waals surface area contributed by atoms with E-state index in [2.05, 4.69) is 187 Å². The van der Waals surface area contributed by atoms with Crippen LogP contribution < -0.4 is 0 Å². The smallest absolute Gasteiger partial charge is 0.0715 e. The lowest BCUT2D eigenvalue weighted by molar-refractivity contribution is 1.18. The molecule has 10 rings (SSSR count). The number of thiophene rings is 1. The van der Waals surface area contributed by atoms with Gasteiger partial charge in [-0.05, 0) is 89.0 Å². The number of nitrogens with zero attached hydrogens (tertiary/aromatic N) is 2. The molecule has 10 aromatic rings. The van der Waals surface area contributed by atoms with E-state index in [1.165, 1.54) is 64.4 Å². The Morgan fingerprint density at radius 3 is 1.58 bits per heavy atom. The molecule has 0 N–H and O–H groups in total. The SMILES string of the molecule is c1ccc(-c2cc(-c3ccccc3)nc(-c3ccc4sc5ccc(-c6ccc7c(c6)c6ccccc6n7-c6ccccc6)cc5c4c3)c2)cc1. The first kappa shape index (κ1) is 28.7. The monoisotopic (exact) mass is 654 g/mol. The summed E-state index contributed by atoms with van der Waals surface area (Å²) in [6, 6.07) is 65.5. The third kappa shape index (κ3) is 4.82. The number of fused-ring (bicyclic) bond motifs is 6. The van der Waals surface area contributed by atoms with Crippen LogP contribution in [0.25, 0.3) is 92.4 Å². The van der Waals surface area contributed by atoms with Crippen LogP contribution in [0.1, 0.15) is 0 Å². The van der Waals surface area contributed by atoms with E-state index in [-0.39, 0.29) is 0 Å². The van der Waals surface area contributed by atoms with Crippen LogP contribution in [0, 0.1) is 0 Å². The predicted octanol–water partition coefficient (Wildman–Crippen LogP) is 13.2. The van der Waals surface area contributed by atoms with Gasteiger partial charge in [0.1, 0.15) is 0 Å². The number of para-hydroxylation sites is 2. The second kappa shape index (κ2) is 11.7. The van der Waals surface area contributed by atoms with Gasteiger partial charge in [-0.2, -0.15) is 0 Å². The van der Waals surface area contributed by atoms with Crippen molar-refractivity contribution in [2.24, 2.45) is 0 Å². The van der Waals surface area contributed by atoms with Gasteiger partial charge in [0.05, 0.1) is 22.4 Å². The molecular formula is C47H30N2S. The number of aromatic nitrogens is 2. The minimum atomic E-state index is 0.975. The highest BCUT2D eigenvalue weighted by Gasteiger charge is 2.15. The molecule has 0 aliphatic heterocycles. The molecule has 0 saturated heterocycles. The Labute approximate surface area is 294 Å². The molecule has 7 aromatic carbocycles. The first-order chi connectivity index (χ1) is 24.8. The molecular weight excluding hydrogens is 625 g/mol. The zero-order chi connectivity index (χ0) is 33.0. The maximum absolute atomic E-state index is 5.21. The van der Waals surface area contributed by atoms with Crippen LogP contribution in [0.3, 0.4) is 0 Å². The van der Waals surface area contributed by atoms with E-state index in [9.17, 15) is 0 Å². The van der Waals surface area contributed by atoms with Gasteiger partial charge < -0.3 is 4.57 Å². The molecule has 234 valence electrons. The van der Waals surface area contributed by atoms with E-state index < -0.39 is 0 Å². The number of rotatable bonds is 5. The molecule has 2 nitrogen and oxygen atoms in total. The highest BCUT2D eigenvalue weighted by atomic mass is 32.1. The molecule has 0 saturated carbocycles. The summed E-state index contributed by atoms with van der Waals surface area (Å²) < 4.78 is 4.94. The molecule has 0 spiro atoms. The molecule has 3 heterocycles. The van der Waals surface area contributed by atoms with Crippen molar-refractivity contribution in [3.8, 4) is 50.5 Å². The van der Waals surface area contributed by atoms with E-state index >= 15 is 0 Å². The highest BCUT2D eigenvalue weighted by Crippen LogP contribution is 2.41. The number of pyridine rings is 1. The average molecular weight is 655 g/mol. The highest BCUT2D eigenvalue weighted by molar-refractivity contribution is 7.25. The largest absolute Gasteiger partial charge is 0.309 e. The van der Waals surface area contributed by atoms with Crippen LogP contribution in [-0.2, 0) is 0 Å². The molecule has 0 aliphatic carbocycles. The van der Waals surface area contributed by atoms with Crippen molar-refractivity contribution < 1.29 is 0 Å². The lowest BCUT2D eigenvalue weighted by atomic mass is 9.98. The van der Waals surface area contributed by atoms with Gasteiger partial charge in [0.2, 0.25) is 0 Å². The standard InChI is InChI=1S/C47H30N2S/c1-4-12-31(13-5-1)36-29-42(32-14-6-2-7-15-32)48-43(30-36)35-22-25-47-41(28-35)40-27-34(21-24-46(40)50-47)33-20-23-45-39(26-33)38-18-10-11-19-44(38)49(45)37-16-8-3-9-17-37/h1-30H. The number of hydrogen-bond donors (Lipinski definition) is 0. The molecule has 0 amide bonds. The van der Waals surface area contributed by atoms with Gasteiger partial charge in [-0.3, -0.25) is 0 Å². The van der Waals surface area contributed by atoms with E-state index in [1.807, 2.05) is 11.3 Å². The molecule has 0 aliphatic rings. The van der Waals surface area contributed by atoms with Crippen LogP contribution in [0.2, 0.25) is 0 Å². The molecule has 0 bridgehead atoms. The Kier molecular flexibility index (Phi) is 6.71. The average Bonchev–Trinajstić information content (AvgIpc) is 3.73. The van der Waals surface area contributed by atoms with Crippen molar-refractivity contribution in [3.05, 3.63) is 182 Å². The van der Waals surface area contributed by atoms with E-state index in [0.717, 1.165) is 28.1 Å². The van der Waals surface area contributed by atoms with Crippen LogP contribution in [-0.4, -0.2) is 9.55 Å². The van der Waals surface area contributed by atoms with Gasteiger partial charge in [0, 0.05) is 47.8 Å². The summed E-state index contributed by atoms with van der Waals surface area (Å²) in [5.74, 6) is 0. The fourth-order valence-corrected chi connectivity index (χ4v) is 8.42. The predicted molar refractivity (Wildman–Crippen MR) is 213 cm³/mol. The minimum absolute atomic E-state index is 0.975. The lowest BCUT2D eigenvalue weighted by Crippen LogP contribution is -1.92. The molecule has 0 unspecified atom stereocenters. The van der Waals surface area contributed by atoms with Gasteiger partial charge >= 0.3 is 0 Å². The van der Waals surface area contributed by atoms with Gasteiger partial charge in [-0.15, -0.1) is 11.3 Å². The summed E-state index contributed by atoms with van der Waals surface area (Å²) in [4.78, 5) is 5.21. The van der Waals surface area contributed by atoms with Gasteiger partial charge in [0.25, 0.3) is 0 Å². The summed E-state index contributed by atoms with van der Waals surface area (Å²) in [6.45, 7) is 0. The van der Waals surface area contributed by atoms with Crippen molar-refractivity contribution in [2.75, 3.05) is 0 Å². The summed E-state index contributed by atoms with van der Waals surface area (Å²) in [5, 5.41) is 5.07. The first-order valence-corrected chi connectivity index (χ1v) is 17.8. The topological polar surface area (TPSA) is 17.8 Å². The molecule has 3 heteroatoms. The number of hydrogen-bond acceptors (Lipinski definition) is 2. The number of benzene rings is 7. The third-order valence-electron chi connectivity index (χ3n) is 9.79. The minimum Gasteiger partial charge on any atom is -0.309 e. The van der Waals surface area contributed by atoms with Crippen molar-refractivity contribution in [1.82, 2.24) is 9.55 Å². The Hall–Kier alpha value is -6.29. The molecule has 50 heavy (non-hydrogen) atoms. The zero-order valence-electron chi connectivity index (χ0n) is 27.1. The second-order valence-corrected chi connectivity index (χ2v) is 13.9. The fourth-order valence-electron chi connectivity index (χ4n) is 7.36. The molecule has 3 aromatic heterocycles. The molecule has 0 atom stereocenters. The van der Waals surface area contributed by atoms with Crippen molar-refractivity contribution in [1.29, 1.82) is 0 Å². The van der Waals surface area contributed by atoms with Gasteiger partial charge in [0.15, 0.2) is 0 Å². The maximum atomic E-state index is 5.21. The molecule has 0 fully saturated rings. The van der Waals surface area contributed by atoms with E-state index in [0.29, 0.717) is 0 Å². The first-order valence-electron chi connectivity index (χ1n) is 17.0. The second-order valence-electron chi connectivity index (χ2n) is 12.8. The van der Waals surface area contributed by atoms with Gasteiger partial charge in [-0.25, -0.2) is 4.98 Å². The van der Waals surface area contributed by atoms with E-state index in [4.69, 9.17) is 4.98 Å². The van der Waals surface area contributed by atoms with Crippen LogP contribution in [0.5, 0.6) is 0 Å². The Morgan fingerprint density at radius 1 is 0.340 bits per heavy atom. The van der Waals surface area contributed by atoms with Crippen LogP contribution in [0.4, 0.5) is 0 Å². The Morgan fingerprint density at radius 2 is 0.860 bits per heavy atom. The lowest BCUT2D eigenvalue weighted by Gasteiger charge is -2.11. The maximum Gasteiger partial charge on any atom is 0.0715 e. The van der Waals surface area contributed by atoms with Crippen molar-refractivity contribution >= 4 is 53.3 Å². The summed E-state index contributed by atoms with van der Waals surface area (Å²) in [6.07, 6.45) is 0. The van der Waals surface area contributed by atoms with Crippen molar-refractivity contribution in [2.45, 2.75) is 0 Å². The van der Waals surface area contributed by atoms with Crippen molar-refractivity contribution in [3.63, 3.8) is 0 Å². The van der Waals surface area contributed by atoms with Crippen LogP contribution in [0.15, 0.2) is 182 Å². The van der Waals surface area contributed by atoms with Crippen LogP contribution >= 0.6 is 11.3 Å². The normalized spacial score (nSPS) is 11.6. The summed E-state index contributed by atoms with van der Waals surface area (Å²) in [7, 11) is 0. The Balaban J connectivity index is 1.11. The Bertz CT molecular complexity index is 2790. The fraction of sp³-hybridized carbons (Fsp3) is 0. The van der Waals surface area contributed by atoms with E-state index in [1.54, 1.807) is 0 Å². The summed E-state index contributed by atoms with van der Waals surface area (Å²) >= 11 is 1.85. The van der Waals surface area contributed by atoms with Gasteiger partial charge in [-0.1, -0.05) is 115 Å². The summed E-state index contributed by atoms with van der Waals surface area (Å²) in [5.41, 5.74) is 12.6. The zero-order valence-corrected chi connectivity index (χ0v) is 27.9. The molecule has 0 radical (unpaired) electrons. The third-order valence-corrected chi connectivity index (χ3v) is 10.9. The quantitative estimate of drug-likeness (QED) is 0.181.